The molecule has 0 aromatic heterocycles. The summed E-state index contributed by atoms with van der Waals surface area (Å²) >= 11 is 1.67. The molecule has 2 aromatic rings. The van der Waals surface area contributed by atoms with E-state index in [0.29, 0.717) is 18.9 Å². The number of nitrogens with zero attached hydrogens (tertiary/aromatic N) is 1. The third kappa shape index (κ3) is 4.83. The van der Waals surface area contributed by atoms with Gasteiger partial charge in [0.1, 0.15) is 0 Å². The molecule has 1 N–H and O–H groups in total. The summed E-state index contributed by atoms with van der Waals surface area (Å²) in [6.07, 6.45) is 0. The number of hydrogen-bond acceptors (Lipinski definition) is 5. The highest BCUT2D eigenvalue weighted by atomic mass is 32.2. The average Bonchev–Trinajstić information content (AvgIpc) is 2.65. The van der Waals surface area contributed by atoms with Crippen molar-refractivity contribution >= 4 is 17.7 Å². The maximum Gasteiger partial charge on any atom is 0.252 e. The Balaban J connectivity index is 1.67. The van der Waals surface area contributed by atoms with Gasteiger partial charge in [-0.1, -0.05) is 48.5 Å². The number of rotatable bonds is 7. The molecule has 1 fully saturated rings. The van der Waals surface area contributed by atoms with Gasteiger partial charge in [-0.3, -0.25) is 9.63 Å². The van der Waals surface area contributed by atoms with Crippen LogP contribution in [-0.2, 0) is 21.0 Å². The molecule has 1 saturated heterocycles. The average molecular weight is 358 g/mol. The van der Waals surface area contributed by atoms with E-state index >= 15 is 0 Å². The molecule has 1 aliphatic heterocycles. The number of carbonyl (C=O) groups excluding carboxylic acids is 1. The molecule has 0 unspecified atom stereocenters. The molecule has 132 valence electrons. The molecule has 0 aliphatic carbocycles. The van der Waals surface area contributed by atoms with Crippen molar-refractivity contribution in [2.45, 2.75) is 17.5 Å². The van der Waals surface area contributed by atoms with E-state index in [0.717, 1.165) is 10.5 Å². The zero-order valence-electron chi connectivity index (χ0n) is 14.1. The lowest BCUT2D eigenvalue weighted by Crippen LogP contribution is -2.55. The van der Waals surface area contributed by atoms with Crippen molar-refractivity contribution in [3.8, 4) is 0 Å². The smallest absolute Gasteiger partial charge is 0.252 e. The van der Waals surface area contributed by atoms with Gasteiger partial charge >= 0.3 is 0 Å². The summed E-state index contributed by atoms with van der Waals surface area (Å²) in [5, 5.41) is 1.47. The van der Waals surface area contributed by atoms with Gasteiger partial charge in [0.25, 0.3) is 5.91 Å². The molecule has 2 aromatic carbocycles. The zero-order valence-corrected chi connectivity index (χ0v) is 14.9. The lowest BCUT2D eigenvalue weighted by molar-refractivity contribution is -0.220. The molecule has 5 nitrogen and oxygen atoms in total. The number of amides is 1. The quantitative estimate of drug-likeness (QED) is 0.609. The van der Waals surface area contributed by atoms with Gasteiger partial charge in [0.15, 0.2) is 0 Å². The van der Waals surface area contributed by atoms with Crippen molar-refractivity contribution < 1.29 is 14.5 Å². The highest BCUT2D eigenvalue weighted by molar-refractivity contribution is 7.99. The Hall–Kier alpha value is -1.86. The van der Waals surface area contributed by atoms with Crippen LogP contribution in [0, 0.1) is 5.92 Å². The standard InChI is InChI=1S/C19H22N2O3S/c1-23-20-18-13-24-21(12-15-8-4-2-5-9-15)19(22)17(18)14-25-16-10-6-3-7-11-16/h2-11,17-18,20H,12-14H2,1H3/t17-,18-/m0/s1. The predicted octanol–water partition coefficient (Wildman–Crippen LogP) is 2.89. The van der Waals surface area contributed by atoms with E-state index in [-0.39, 0.29) is 17.9 Å². The van der Waals surface area contributed by atoms with E-state index in [4.69, 9.17) is 9.68 Å². The molecule has 0 radical (unpaired) electrons. The van der Waals surface area contributed by atoms with E-state index < -0.39 is 0 Å². The first-order valence-electron chi connectivity index (χ1n) is 8.22. The number of hydrogen-bond donors (Lipinski definition) is 1. The van der Waals surface area contributed by atoms with Crippen LogP contribution in [0.4, 0.5) is 0 Å². The zero-order chi connectivity index (χ0) is 17.5. The van der Waals surface area contributed by atoms with Gasteiger partial charge in [-0.25, -0.2) is 5.06 Å². The lowest BCUT2D eigenvalue weighted by atomic mass is 10.0. The molecule has 25 heavy (non-hydrogen) atoms. The lowest BCUT2D eigenvalue weighted by Gasteiger charge is -2.36. The minimum Gasteiger partial charge on any atom is -0.305 e. The van der Waals surface area contributed by atoms with Gasteiger partial charge in [-0.05, 0) is 17.7 Å². The van der Waals surface area contributed by atoms with E-state index in [1.165, 1.54) is 5.06 Å². The van der Waals surface area contributed by atoms with Gasteiger partial charge in [0.2, 0.25) is 0 Å². The van der Waals surface area contributed by atoms with Crippen LogP contribution in [0.15, 0.2) is 65.6 Å². The van der Waals surface area contributed by atoms with Gasteiger partial charge < -0.3 is 4.84 Å². The van der Waals surface area contributed by atoms with E-state index in [2.05, 4.69) is 17.6 Å². The van der Waals surface area contributed by atoms with E-state index in [1.54, 1.807) is 18.9 Å². The molecular formula is C19H22N2O3S. The minimum absolute atomic E-state index is 0.0203. The van der Waals surface area contributed by atoms with Crippen LogP contribution in [0.1, 0.15) is 5.56 Å². The van der Waals surface area contributed by atoms with Crippen molar-refractivity contribution in [1.82, 2.24) is 10.5 Å². The first-order chi connectivity index (χ1) is 12.3. The number of nitrogens with one attached hydrogen (secondary N) is 1. The first kappa shape index (κ1) is 17.9. The Labute approximate surface area is 152 Å². The Bertz CT molecular complexity index is 669. The summed E-state index contributed by atoms with van der Waals surface area (Å²) in [7, 11) is 1.56. The van der Waals surface area contributed by atoms with Gasteiger partial charge in [0.05, 0.1) is 32.2 Å². The summed E-state index contributed by atoms with van der Waals surface area (Å²) in [5.74, 6) is 0.425. The predicted molar refractivity (Wildman–Crippen MR) is 97.5 cm³/mol. The first-order valence-corrected chi connectivity index (χ1v) is 9.21. The third-order valence-corrected chi connectivity index (χ3v) is 5.20. The van der Waals surface area contributed by atoms with Gasteiger partial charge in [-0.2, -0.15) is 5.48 Å². The Morgan fingerprint density at radius 1 is 1.16 bits per heavy atom. The highest BCUT2D eigenvalue weighted by Crippen LogP contribution is 2.26. The number of hydroxylamine groups is 3. The topological polar surface area (TPSA) is 50.8 Å². The molecule has 0 saturated carbocycles. The molecular weight excluding hydrogens is 336 g/mol. The van der Waals surface area contributed by atoms with Crippen LogP contribution in [0.2, 0.25) is 0 Å². The number of benzene rings is 2. The second-order valence-electron chi connectivity index (χ2n) is 5.82. The summed E-state index contributed by atoms with van der Waals surface area (Å²) < 4.78 is 0. The van der Waals surface area contributed by atoms with Crippen LogP contribution in [0.25, 0.3) is 0 Å². The normalized spacial score (nSPS) is 20.7. The summed E-state index contributed by atoms with van der Waals surface area (Å²) in [6, 6.07) is 19.8. The van der Waals surface area contributed by atoms with Crippen molar-refractivity contribution in [1.29, 1.82) is 0 Å². The molecule has 3 rings (SSSR count). The van der Waals surface area contributed by atoms with E-state index in [1.807, 2.05) is 48.5 Å². The van der Waals surface area contributed by atoms with Crippen LogP contribution >= 0.6 is 11.8 Å². The molecule has 2 atom stereocenters. The Kier molecular flexibility index (Phi) is 6.47. The maximum atomic E-state index is 12.9. The van der Waals surface area contributed by atoms with Crippen molar-refractivity contribution in [2.24, 2.45) is 5.92 Å². The fraction of sp³-hybridized carbons (Fsp3) is 0.316. The SMILES string of the molecule is CON[C@H]1CON(Cc2ccccc2)C(=O)[C@H]1CSc1ccccc1. The monoisotopic (exact) mass is 358 g/mol. The number of thioether (sulfide) groups is 1. The maximum absolute atomic E-state index is 12.9. The van der Waals surface area contributed by atoms with Gasteiger partial charge in [0, 0.05) is 10.6 Å². The van der Waals surface area contributed by atoms with E-state index in [9.17, 15) is 4.79 Å². The van der Waals surface area contributed by atoms with Crippen molar-refractivity contribution in [3.05, 3.63) is 66.2 Å². The largest absolute Gasteiger partial charge is 0.305 e. The second kappa shape index (κ2) is 9.01. The fourth-order valence-corrected chi connectivity index (χ4v) is 3.83. The van der Waals surface area contributed by atoms with Gasteiger partial charge in [-0.15, -0.1) is 11.8 Å². The fourth-order valence-electron chi connectivity index (χ4n) is 2.74. The molecule has 1 amide bonds. The Morgan fingerprint density at radius 3 is 2.52 bits per heavy atom. The van der Waals surface area contributed by atoms with Crippen LogP contribution in [0.5, 0.6) is 0 Å². The molecule has 0 bridgehead atoms. The molecule has 0 spiro atoms. The van der Waals surface area contributed by atoms with Crippen LogP contribution in [-0.4, -0.2) is 36.5 Å². The van der Waals surface area contributed by atoms with Crippen molar-refractivity contribution in [3.63, 3.8) is 0 Å². The molecule has 1 heterocycles. The summed E-state index contributed by atoms with van der Waals surface area (Å²) in [5.41, 5.74) is 3.94. The van der Waals surface area contributed by atoms with Crippen molar-refractivity contribution in [2.75, 3.05) is 19.5 Å². The summed E-state index contributed by atoms with van der Waals surface area (Å²) in [4.78, 5) is 24.8. The van der Waals surface area contributed by atoms with Crippen LogP contribution in [0.3, 0.4) is 0 Å². The second-order valence-corrected chi connectivity index (χ2v) is 6.91. The van der Waals surface area contributed by atoms with Crippen LogP contribution < -0.4 is 5.48 Å². The summed E-state index contributed by atoms with van der Waals surface area (Å²) in [6.45, 7) is 0.846. The molecule has 1 aliphatic rings. The third-order valence-electron chi connectivity index (χ3n) is 4.07. The number of carbonyl (C=O) groups is 1. The molecule has 6 heteroatoms. The minimum atomic E-state index is -0.220. The highest BCUT2D eigenvalue weighted by Gasteiger charge is 2.38. The Morgan fingerprint density at radius 2 is 1.84 bits per heavy atom.